The van der Waals surface area contributed by atoms with Gasteiger partial charge in [-0.1, -0.05) is 0 Å². The van der Waals surface area contributed by atoms with Crippen molar-refractivity contribution in [2.24, 2.45) is 0 Å². The first-order valence-electron chi connectivity index (χ1n) is 4.66. The lowest BCUT2D eigenvalue weighted by atomic mass is 10.3. The SMILES string of the molecule is O=C(O)c1nccn(-c2ccc(F)cc2)c1=O. The number of carboxylic acids is 1. The Kier molecular flexibility index (Phi) is 2.70. The van der Waals surface area contributed by atoms with Crippen molar-refractivity contribution in [3.05, 3.63) is 58.5 Å². The van der Waals surface area contributed by atoms with Gasteiger partial charge in [0, 0.05) is 18.1 Å². The molecular weight excluding hydrogens is 227 g/mol. The molecule has 0 aliphatic heterocycles. The predicted molar refractivity (Wildman–Crippen MR) is 56.8 cm³/mol. The summed E-state index contributed by atoms with van der Waals surface area (Å²) in [5.41, 5.74) is -0.954. The van der Waals surface area contributed by atoms with Gasteiger partial charge in [-0.3, -0.25) is 9.36 Å². The molecule has 0 aliphatic rings. The lowest BCUT2D eigenvalue weighted by Crippen LogP contribution is -2.26. The second-order valence-electron chi connectivity index (χ2n) is 3.23. The van der Waals surface area contributed by atoms with Crippen LogP contribution in [-0.2, 0) is 0 Å². The molecule has 0 saturated carbocycles. The van der Waals surface area contributed by atoms with Gasteiger partial charge in [-0.05, 0) is 24.3 Å². The Hall–Kier alpha value is -2.50. The first-order valence-corrected chi connectivity index (χ1v) is 4.66. The van der Waals surface area contributed by atoms with E-state index in [1.54, 1.807) is 0 Å². The number of rotatable bonds is 2. The van der Waals surface area contributed by atoms with Gasteiger partial charge in [-0.15, -0.1) is 0 Å². The van der Waals surface area contributed by atoms with Crippen molar-refractivity contribution in [2.75, 3.05) is 0 Å². The van der Waals surface area contributed by atoms with E-state index in [1.165, 1.54) is 36.7 Å². The van der Waals surface area contributed by atoms with E-state index in [1.807, 2.05) is 0 Å². The van der Waals surface area contributed by atoms with E-state index >= 15 is 0 Å². The van der Waals surface area contributed by atoms with Crippen LogP contribution in [0.2, 0.25) is 0 Å². The molecule has 6 heteroatoms. The molecule has 1 heterocycles. The lowest BCUT2D eigenvalue weighted by molar-refractivity contribution is 0.0688. The minimum Gasteiger partial charge on any atom is -0.476 e. The number of nitrogens with zero attached hydrogens (tertiary/aromatic N) is 2. The Morgan fingerprint density at radius 2 is 1.94 bits per heavy atom. The van der Waals surface area contributed by atoms with Crippen LogP contribution in [0.25, 0.3) is 5.69 Å². The van der Waals surface area contributed by atoms with Crippen molar-refractivity contribution in [1.82, 2.24) is 9.55 Å². The van der Waals surface area contributed by atoms with Crippen LogP contribution in [0.15, 0.2) is 41.5 Å². The zero-order chi connectivity index (χ0) is 12.4. The van der Waals surface area contributed by atoms with Gasteiger partial charge in [-0.2, -0.15) is 0 Å². The van der Waals surface area contributed by atoms with Gasteiger partial charge in [0.05, 0.1) is 0 Å². The second kappa shape index (κ2) is 4.17. The number of benzene rings is 1. The standard InChI is InChI=1S/C11H7FN2O3/c12-7-1-3-8(4-2-7)14-6-5-13-9(10(14)15)11(16)17/h1-6H,(H,16,17). The molecule has 1 aromatic carbocycles. The van der Waals surface area contributed by atoms with E-state index in [0.717, 1.165) is 4.57 Å². The Morgan fingerprint density at radius 3 is 2.53 bits per heavy atom. The molecular formula is C11H7FN2O3. The fourth-order valence-electron chi connectivity index (χ4n) is 1.36. The number of aromatic carboxylic acids is 1. The van der Waals surface area contributed by atoms with Gasteiger partial charge in [0.2, 0.25) is 5.69 Å². The first-order chi connectivity index (χ1) is 8.09. The molecule has 0 radical (unpaired) electrons. The van der Waals surface area contributed by atoms with E-state index in [2.05, 4.69) is 4.98 Å². The molecule has 0 saturated heterocycles. The maximum atomic E-state index is 12.7. The van der Waals surface area contributed by atoms with Gasteiger partial charge < -0.3 is 5.11 Å². The quantitative estimate of drug-likeness (QED) is 0.843. The van der Waals surface area contributed by atoms with E-state index in [4.69, 9.17) is 5.11 Å². The summed E-state index contributed by atoms with van der Waals surface area (Å²) in [4.78, 5) is 25.9. The van der Waals surface area contributed by atoms with Crippen LogP contribution in [0.5, 0.6) is 0 Å². The molecule has 1 aromatic heterocycles. The summed E-state index contributed by atoms with van der Waals surface area (Å²) in [5, 5.41) is 8.75. The smallest absolute Gasteiger partial charge is 0.360 e. The minimum absolute atomic E-state index is 0.376. The highest BCUT2D eigenvalue weighted by atomic mass is 19.1. The molecule has 0 spiro atoms. The molecule has 0 atom stereocenters. The molecule has 0 fully saturated rings. The van der Waals surface area contributed by atoms with E-state index in [9.17, 15) is 14.0 Å². The first kappa shape index (κ1) is 11.0. The molecule has 5 nitrogen and oxygen atoms in total. The van der Waals surface area contributed by atoms with Gasteiger partial charge in [-0.25, -0.2) is 14.2 Å². The largest absolute Gasteiger partial charge is 0.476 e. The number of halogens is 1. The third kappa shape index (κ3) is 2.05. The van der Waals surface area contributed by atoms with Crippen molar-refractivity contribution in [2.45, 2.75) is 0 Å². The highest BCUT2D eigenvalue weighted by molar-refractivity contribution is 5.84. The summed E-state index contributed by atoms with van der Waals surface area (Å²) in [6, 6.07) is 5.12. The van der Waals surface area contributed by atoms with Crippen LogP contribution in [0.3, 0.4) is 0 Å². The van der Waals surface area contributed by atoms with E-state index in [-0.39, 0.29) is 0 Å². The van der Waals surface area contributed by atoms with Crippen molar-refractivity contribution in [3.63, 3.8) is 0 Å². The fraction of sp³-hybridized carbons (Fsp3) is 0. The summed E-state index contributed by atoms with van der Waals surface area (Å²) in [7, 11) is 0. The number of carbonyl (C=O) groups is 1. The topological polar surface area (TPSA) is 72.2 Å². The summed E-state index contributed by atoms with van der Waals surface area (Å²) in [6.07, 6.45) is 2.52. The highest BCUT2D eigenvalue weighted by Gasteiger charge is 2.12. The maximum absolute atomic E-state index is 12.7. The predicted octanol–water partition coefficient (Wildman–Crippen LogP) is 1.07. The number of aromatic nitrogens is 2. The number of hydrogen-bond acceptors (Lipinski definition) is 3. The zero-order valence-electron chi connectivity index (χ0n) is 8.50. The molecule has 86 valence electrons. The normalized spacial score (nSPS) is 10.2. The summed E-state index contributed by atoms with van der Waals surface area (Å²) in [6.45, 7) is 0. The van der Waals surface area contributed by atoms with Crippen LogP contribution < -0.4 is 5.56 Å². The van der Waals surface area contributed by atoms with Gasteiger partial charge in [0.25, 0.3) is 5.56 Å². The third-order valence-corrected chi connectivity index (χ3v) is 2.15. The van der Waals surface area contributed by atoms with E-state index < -0.39 is 23.0 Å². The Bertz CT molecular complexity index is 619. The monoisotopic (exact) mass is 234 g/mol. The van der Waals surface area contributed by atoms with Crippen LogP contribution in [0.4, 0.5) is 4.39 Å². The van der Waals surface area contributed by atoms with Crippen molar-refractivity contribution in [1.29, 1.82) is 0 Å². The zero-order valence-corrected chi connectivity index (χ0v) is 8.50. The van der Waals surface area contributed by atoms with Gasteiger partial charge in [0.1, 0.15) is 5.82 Å². The van der Waals surface area contributed by atoms with Crippen LogP contribution in [0.1, 0.15) is 10.5 Å². The van der Waals surface area contributed by atoms with Crippen molar-refractivity contribution in [3.8, 4) is 5.69 Å². The number of hydrogen-bond donors (Lipinski definition) is 1. The lowest BCUT2D eigenvalue weighted by Gasteiger charge is -2.05. The highest BCUT2D eigenvalue weighted by Crippen LogP contribution is 2.06. The molecule has 0 unspecified atom stereocenters. The molecule has 2 rings (SSSR count). The van der Waals surface area contributed by atoms with Crippen LogP contribution in [-0.4, -0.2) is 20.6 Å². The summed E-state index contributed by atoms with van der Waals surface area (Å²) >= 11 is 0. The molecule has 1 N–H and O–H groups in total. The van der Waals surface area contributed by atoms with Crippen LogP contribution >= 0.6 is 0 Å². The fourth-order valence-corrected chi connectivity index (χ4v) is 1.36. The minimum atomic E-state index is -1.40. The maximum Gasteiger partial charge on any atom is 0.360 e. The second-order valence-corrected chi connectivity index (χ2v) is 3.23. The summed E-state index contributed by atoms with van der Waals surface area (Å²) < 4.78 is 13.8. The van der Waals surface area contributed by atoms with Crippen LogP contribution in [0, 0.1) is 5.82 Å². The van der Waals surface area contributed by atoms with E-state index in [0.29, 0.717) is 5.69 Å². The molecule has 2 aromatic rings. The summed E-state index contributed by atoms with van der Waals surface area (Å²) in [5.74, 6) is -1.83. The van der Waals surface area contributed by atoms with Gasteiger partial charge >= 0.3 is 5.97 Å². The number of carboxylic acid groups (broad SMARTS) is 1. The molecule has 0 aliphatic carbocycles. The van der Waals surface area contributed by atoms with Crippen molar-refractivity contribution < 1.29 is 14.3 Å². The molecule has 0 bridgehead atoms. The average molecular weight is 234 g/mol. The molecule has 17 heavy (non-hydrogen) atoms. The Balaban J connectivity index is 2.61. The van der Waals surface area contributed by atoms with Gasteiger partial charge in [0.15, 0.2) is 0 Å². The average Bonchev–Trinajstić information content (AvgIpc) is 2.30. The Morgan fingerprint density at radius 1 is 1.29 bits per heavy atom. The molecule has 0 amide bonds. The van der Waals surface area contributed by atoms with Crippen molar-refractivity contribution >= 4 is 5.97 Å². The third-order valence-electron chi connectivity index (χ3n) is 2.15. The Labute approximate surface area is 94.8 Å².